The van der Waals surface area contributed by atoms with Crippen LogP contribution in [0.5, 0.6) is 0 Å². The van der Waals surface area contributed by atoms with Gasteiger partial charge in [-0.1, -0.05) is 67.4 Å². The van der Waals surface area contributed by atoms with E-state index < -0.39 is 0 Å². The molecule has 0 radical (unpaired) electrons. The van der Waals surface area contributed by atoms with Crippen molar-refractivity contribution in [1.29, 1.82) is 0 Å². The Hall–Kier alpha value is -2.33. The third-order valence-corrected chi connectivity index (χ3v) is 5.04. The Kier molecular flexibility index (Phi) is 5.62. The molecule has 0 fully saturated rings. The van der Waals surface area contributed by atoms with Crippen LogP contribution >= 0.6 is 11.6 Å². The first-order valence-electron chi connectivity index (χ1n) is 9.04. The number of nitrogens with zero attached hydrogens (tertiary/aromatic N) is 2. The zero-order valence-corrected chi connectivity index (χ0v) is 16.2. The summed E-state index contributed by atoms with van der Waals surface area (Å²) in [5.74, 6) is -0.185. The molecule has 0 saturated carbocycles. The molecule has 4 nitrogen and oxygen atoms in total. The Balaban J connectivity index is 1.85. The molecule has 2 aromatic carbocycles. The number of hydrogen-bond donors (Lipinski definition) is 1. The predicted octanol–water partition coefficient (Wildman–Crippen LogP) is 5.29. The van der Waals surface area contributed by atoms with Crippen LogP contribution in [0.1, 0.15) is 54.3 Å². The highest BCUT2D eigenvalue weighted by Gasteiger charge is 2.22. The first kappa shape index (κ1) is 18.5. The van der Waals surface area contributed by atoms with Crippen LogP contribution < -0.4 is 5.32 Å². The van der Waals surface area contributed by atoms with Gasteiger partial charge in [0.1, 0.15) is 5.15 Å². The molecule has 1 N–H and O–H groups in total. The maximum absolute atomic E-state index is 12.8. The molecular weight excluding hydrogens is 346 g/mol. The summed E-state index contributed by atoms with van der Waals surface area (Å²) in [6.07, 6.45) is 2.03. The normalized spacial score (nSPS) is 12.3. The van der Waals surface area contributed by atoms with Gasteiger partial charge in [0.2, 0.25) is 0 Å². The first-order chi connectivity index (χ1) is 12.5. The molecule has 1 aromatic heterocycles. The number of carbonyl (C=O) groups is 1. The number of hydrogen-bond acceptors (Lipinski definition) is 2. The zero-order chi connectivity index (χ0) is 18.7. The number of halogens is 1. The Labute approximate surface area is 159 Å². The summed E-state index contributed by atoms with van der Waals surface area (Å²) in [6.45, 7) is 6.66. The summed E-state index contributed by atoms with van der Waals surface area (Å²) in [6, 6.07) is 14.2. The highest BCUT2D eigenvalue weighted by Crippen LogP contribution is 2.26. The number of rotatable bonds is 6. The van der Waals surface area contributed by atoms with Crippen molar-refractivity contribution in [3.8, 4) is 0 Å². The summed E-state index contributed by atoms with van der Waals surface area (Å²) < 4.78 is 1.72. The van der Waals surface area contributed by atoms with Crippen molar-refractivity contribution in [3.63, 3.8) is 0 Å². The van der Waals surface area contributed by atoms with Gasteiger partial charge in [0.05, 0.1) is 17.3 Å². The van der Waals surface area contributed by atoms with E-state index in [9.17, 15) is 4.79 Å². The third kappa shape index (κ3) is 3.61. The molecule has 0 saturated heterocycles. The Morgan fingerprint density at radius 2 is 1.96 bits per heavy atom. The molecule has 0 aliphatic heterocycles. The van der Waals surface area contributed by atoms with E-state index in [1.165, 1.54) is 0 Å². The van der Waals surface area contributed by atoms with Crippen LogP contribution in [-0.2, 0) is 6.54 Å². The van der Waals surface area contributed by atoms with Crippen LogP contribution in [0.2, 0.25) is 5.15 Å². The molecule has 3 aromatic rings. The molecule has 1 amide bonds. The predicted molar refractivity (Wildman–Crippen MR) is 107 cm³/mol. The minimum atomic E-state index is -0.185. The molecule has 5 heteroatoms. The lowest BCUT2D eigenvalue weighted by atomic mass is 9.99. The summed E-state index contributed by atoms with van der Waals surface area (Å²) in [5.41, 5.74) is 2.21. The minimum absolute atomic E-state index is 0.136. The molecule has 0 bridgehead atoms. The lowest BCUT2D eigenvalue weighted by molar-refractivity contribution is 0.0939. The summed E-state index contributed by atoms with van der Waals surface area (Å²) >= 11 is 6.42. The number of carbonyl (C=O) groups excluding carboxylic acids is 1. The smallest absolute Gasteiger partial charge is 0.256 e. The minimum Gasteiger partial charge on any atom is -0.345 e. The quantitative estimate of drug-likeness (QED) is 0.641. The molecule has 3 rings (SSSR count). The molecule has 0 aliphatic rings. The van der Waals surface area contributed by atoms with E-state index in [1.807, 2.05) is 38.1 Å². The molecule has 0 aliphatic carbocycles. The van der Waals surface area contributed by atoms with E-state index in [0.717, 1.165) is 35.7 Å². The highest BCUT2D eigenvalue weighted by atomic mass is 35.5. The standard InChI is InChI=1S/C21H24ClN3O/c1-4-5-13-25-20(22)19(15(3)24-25)21(26)23-14(2)17-12-8-10-16-9-6-7-11-18(16)17/h6-12,14H,4-5,13H2,1-3H3,(H,23,26)/t14-/m1/s1. The van der Waals surface area contributed by atoms with Crippen molar-refractivity contribution in [2.75, 3.05) is 0 Å². The van der Waals surface area contributed by atoms with Crippen molar-refractivity contribution in [1.82, 2.24) is 15.1 Å². The second-order valence-electron chi connectivity index (χ2n) is 6.59. The fourth-order valence-electron chi connectivity index (χ4n) is 3.24. The van der Waals surface area contributed by atoms with Crippen LogP contribution in [0.25, 0.3) is 10.8 Å². The molecule has 0 spiro atoms. The van der Waals surface area contributed by atoms with E-state index in [4.69, 9.17) is 11.6 Å². The lowest BCUT2D eigenvalue weighted by Gasteiger charge is -2.16. The van der Waals surface area contributed by atoms with E-state index in [2.05, 4.69) is 35.5 Å². The Morgan fingerprint density at radius 3 is 2.73 bits per heavy atom. The maximum atomic E-state index is 12.8. The molecular formula is C21H24ClN3O. The van der Waals surface area contributed by atoms with E-state index in [-0.39, 0.29) is 11.9 Å². The maximum Gasteiger partial charge on any atom is 0.256 e. The monoisotopic (exact) mass is 369 g/mol. The van der Waals surface area contributed by atoms with Crippen molar-refractivity contribution < 1.29 is 4.79 Å². The number of benzene rings is 2. The van der Waals surface area contributed by atoms with Gasteiger partial charge in [-0.15, -0.1) is 0 Å². The number of fused-ring (bicyclic) bond motifs is 1. The summed E-state index contributed by atoms with van der Waals surface area (Å²) in [4.78, 5) is 12.8. The van der Waals surface area contributed by atoms with Crippen LogP contribution in [0.4, 0.5) is 0 Å². The van der Waals surface area contributed by atoms with Crippen molar-refractivity contribution in [2.45, 2.75) is 46.2 Å². The van der Waals surface area contributed by atoms with Gasteiger partial charge in [-0.25, -0.2) is 0 Å². The fraction of sp³-hybridized carbons (Fsp3) is 0.333. The van der Waals surface area contributed by atoms with Crippen LogP contribution in [0.15, 0.2) is 42.5 Å². The summed E-state index contributed by atoms with van der Waals surface area (Å²) in [7, 11) is 0. The topological polar surface area (TPSA) is 46.9 Å². The number of amides is 1. The van der Waals surface area contributed by atoms with Gasteiger partial charge in [-0.05, 0) is 36.6 Å². The first-order valence-corrected chi connectivity index (χ1v) is 9.42. The second-order valence-corrected chi connectivity index (χ2v) is 6.95. The van der Waals surface area contributed by atoms with E-state index in [1.54, 1.807) is 4.68 Å². The number of nitrogens with one attached hydrogen (secondary N) is 1. The summed E-state index contributed by atoms with van der Waals surface area (Å²) in [5, 5.41) is 10.2. The van der Waals surface area contributed by atoms with E-state index in [0.29, 0.717) is 16.4 Å². The van der Waals surface area contributed by atoms with Gasteiger partial charge in [-0.2, -0.15) is 5.10 Å². The van der Waals surface area contributed by atoms with Crippen LogP contribution in [-0.4, -0.2) is 15.7 Å². The largest absolute Gasteiger partial charge is 0.345 e. The van der Waals surface area contributed by atoms with Gasteiger partial charge in [0, 0.05) is 6.54 Å². The van der Waals surface area contributed by atoms with Gasteiger partial charge in [-0.3, -0.25) is 9.48 Å². The van der Waals surface area contributed by atoms with Crippen molar-refractivity contribution in [3.05, 3.63) is 64.4 Å². The van der Waals surface area contributed by atoms with Crippen LogP contribution in [0.3, 0.4) is 0 Å². The highest BCUT2D eigenvalue weighted by molar-refractivity contribution is 6.33. The van der Waals surface area contributed by atoms with Crippen molar-refractivity contribution in [2.24, 2.45) is 0 Å². The molecule has 1 heterocycles. The van der Waals surface area contributed by atoms with E-state index >= 15 is 0 Å². The van der Waals surface area contributed by atoms with Gasteiger partial charge in [0.15, 0.2) is 0 Å². The van der Waals surface area contributed by atoms with Crippen molar-refractivity contribution >= 4 is 28.3 Å². The molecule has 1 atom stereocenters. The SMILES string of the molecule is CCCCn1nc(C)c(C(=O)N[C@H](C)c2cccc3ccccc23)c1Cl. The molecule has 136 valence electrons. The Morgan fingerprint density at radius 1 is 1.23 bits per heavy atom. The average Bonchev–Trinajstić information content (AvgIpc) is 2.92. The van der Waals surface area contributed by atoms with Crippen LogP contribution in [0, 0.1) is 6.92 Å². The van der Waals surface area contributed by atoms with Gasteiger partial charge in [0.25, 0.3) is 5.91 Å². The average molecular weight is 370 g/mol. The Bertz CT molecular complexity index is 927. The fourth-order valence-corrected chi connectivity index (χ4v) is 3.59. The third-order valence-electron chi connectivity index (χ3n) is 4.65. The zero-order valence-electron chi connectivity index (χ0n) is 15.4. The van der Waals surface area contributed by atoms with Gasteiger partial charge >= 0.3 is 0 Å². The number of aryl methyl sites for hydroxylation is 2. The second kappa shape index (κ2) is 7.92. The molecule has 0 unspecified atom stereocenters. The lowest BCUT2D eigenvalue weighted by Crippen LogP contribution is -2.27. The molecule has 26 heavy (non-hydrogen) atoms. The van der Waals surface area contributed by atoms with Gasteiger partial charge < -0.3 is 5.32 Å². The number of unbranched alkanes of at least 4 members (excludes halogenated alkanes) is 1. The number of aromatic nitrogens is 2.